The molecule has 0 unspecified atom stereocenters. The van der Waals surface area contributed by atoms with E-state index in [0.717, 1.165) is 22.6 Å². The number of nitrogen functional groups attached to an aromatic ring is 1. The molecular formula is C24H27N5O2. The summed E-state index contributed by atoms with van der Waals surface area (Å²) in [6.07, 6.45) is 1.49. The van der Waals surface area contributed by atoms with Gasteiger partial charge in [0.1, 0.15) is 23.2 Å². The van der Waals surface area contributed by atoms with Gasteiger partial charge >= 0.3 is 0 Å². The van der Waals surface area contributed by atoms with Crippen LogP contribution in [-0.2, 0) is 11.2 Å². The van der Waals surface area contributed by atoms with Crippen molar-refractivity contribution in [2.75, 3.05) is 18.9 Å². The minimum Gasteiger partial charge on any atom is -0.493 e. The van der Waals surface area contributed by atoms with Gasteiger partial charge in [0.15, 0.2) is 0 Å². The number of ether oxygens (including phenoxy) is 1. The standard InChI is InChI=1S/C24H27N5O2/c1-17-8-6-12-22(18(17)2)31-15-13-23(30)27-14-7-11-21-20(16-25)24(26)29(28-21)19-9-4-3-5-10-19/h3-6,8-10,12H,7,11,13-15,26H2,1-2H3,(H,27,30). The lowest BCUT2D eigenvalue weighted by Gasteiger charge is -2.11. The smallest absolute Gasteiger partial charge is 0.223 e. The highest BCUT2D eigenvalue weighted by molar-refractivity contribution is 5.75. The average Bonchev–Trinajstić information content (AvgIpc) is 3.10. The third kappa shape index (κ3) is 5.43. The number of amides is 1. The zero-order chi connectivity index (χ0) is 22.2. The topological polar surface area (TPSA) is 106 Å². The van der Waals surface area contributed by atoms with Crippen LogP contribution in [0.5, 0.6) is 5.75 Å². The Morgan fingerprint density at radius 3 is 2.71 bits per heavy atom. The molecule has 0 aliphatic rings. The average molecular weight is 418 g/mol. The van der Waals surface area contributed by atoms with E-state index >= 15 is 0 Å². The summed E-state index contributed by atoms with van der Waals surface area (Å²) < 4.78 is 7.31. The number of para-hydroxylation sites is 1. The van der Waals surface area contributed by atoms with Crippen LogP contribution in [0.15, 0.2) is 48.5 Å². The molecule has 1 aromatic heterocycles. The minimum absolute atomic E-state index is 0.0693. The molecule has 2 aromatic carbocycles. The van der Waals surface area contributed by atoms with E-state index < -0.39 is 0 Å². The summed E-state index contributed by atoms with van der Waals surface area (Å²) in [7, 11) is 0. The summed E-state index contributed by atoms with van der Waals surface area (Å²) in [4.78, 5) is 12.1. The van der Waals surface area contributed by atoms with Gasteiger partial charge in [-0.25, -0.2) is 4.68 Å². The van der Waals surface area contributed by atoms with Gasteiger partial charge in [0.2, 0.25) is 5.91 Å². The first kappa shape index (κ1) is 21.9. The highest BCUT2D eigenvalue weighted by atomic mass is 16.5. The Labute approximate surface area is 182 Å². The van der Waals surface area contributed by atoms with Crippen molar-refractivity contribution in [3.05, 3.63) is 70.9 Å². The lowest BCUT2D eigenvalue weighted by atomic mass is 10.1. The molecular weight excluding hydrogens is 390 g/mol. The number of nitrogens with two attached hydrogens (primary N) is 1. The van der Waals surface area contributed by atoms with Gasteiger partial charge in [0, 0.05) is 6.54 Å². The second kappa shape index (κ2) is 10.3. The number of hydrogen-bond acceptors (Lipinski definition) is 5. The third-order valence-electron chi connectivity index (χ3n) is 5.16. The Morgan fingerprint density at radius 2 is 1.97 bits per heavy atom. The number of benzene rings is 2. The van der Waals surface area contributed by atoms with Crippen LogP contribution in [-0.4, -0.2) is 28.8 Å². The number of nitrogens with one attached hydrogen (secondary N) is 1. The van der Waals surface area contributed by atoms with Gasteiger partial charge in [-0.1, -0.05) is 30.3 Å². The van der Waals surface area contributed by atoms with Crippen molar-refractivity contribution in [2.45, 2.75) is 33.1 Å². The van der Waals surface area contributed by atoms with Crippen LogP contribution in [0.3, 0.4) is 0 Å². The van der Waals surface area contributed by atoms with Crippen molar-refractivity contribution in [1.82, 2.24) is 15.1 Å². The first-order valence-corrected chi connectivity index (χ1v) is 10.3. The summed E-state index contributed by atoms with van der Waals surface area (Å²) in [6.45, 7) is 4.85. The summed E-state index contributed by atoms with van der Waals surface area (Å²) in [6, 6.07) is 17.5. The van der Waals surface area contributed by atoms with E-state index in [2.05, 4.69) is 16.5 Å². The number of aromatic nitrogens is 2. The quantitative estimate of drug-likeness (QED) is 0.519. The number of aryl methyl sites for hydroxylation is 2. The molecule has 0 aliphatic heterocycles. The fourth-order valence-corrected chi connectivity index (χ4v) is 3.25. The van der Waals surface area contributed by atoms with Gasteiger partial charge in [-0.3, -0.25) is 4.79 Å². The lowest BCUT2D eigenvalue weighted by Crippen LogP contribution is -2.26. The van der Waals surface area contributed by atoms with Crippen molar-refractivity contribution in [3.8, 4) is 17.5 Å². The molecule has 0 radical (unpaired) electrons. The number of anilines is 1. The van der Waals surface area contributed by atoms with Gasteiger partial charge < -0.3 is 15.8 Å². The van der Waals surface area contributed by atoms with Crippen LogP contribution in [0.4, 0.5) is 5.82 Å². The highest BCUT2D eigenvalue weighted by Gasteiger charge is 2.16. The molecule has 0 bridgehead atoms. The van der Waals surface area contributed by atoms with E-state index in [0.29, 0.717) is 43.1 Å². The van der Waals surface area contributed by atoms with Crippen molar-refractivity contribution in [2.24, 2.45) is 0 Å². The summed E-state index contributed by atoms with van der Waals surface area (Å²) in [5, 5.41) is 16.9. The Morgan fingerprint density at radius 1 is 1.19 bits per heavy atom. The van der Waals surface area contributed by atoms with Crippen molar-refractivity contribution < 1.29 is 9.53 Å². The van der Waals surface area contributed by atoms with Gasteiger partial charge in [0.25, 0.3) is 0 Å². The van der Waals surface area contributed by atoms with Crippen molar-refractivity contribution in [1.29, 1.82) is 5.26 Å². The second-order valence-corrected chi connectivity index (χ2v) is 7.32. The number of hydrogen-bond donors (Lipinski definition) is 2. The van der Waals surface area contributed by atoms with Crippen LogP contribution >= 0.6 is 0 Å². The maximum Gasteiger partial charge on any atom is 0.223 e. The van der Waals surface area contributed by atoms with Gasteiger partial charge in [-0.2, -0.15) is 10.4 Å². The molecule has 1 heterocycles. The Hall–Kier alpha value is -3.79. The monoisotopic (exact) mass is 417 g/mol. The SMILES string of the molecule is Cc1cccc(OCCC(=O)NCCCc2nn(-c3ccccc3)c(N)c2C#N)c1C. The van der Waals surface area contributed by atoms with E-state index in [4.69, 9.17) is 10.5 Å². The zero-order valence-electron chi connectivity index (χ0n) is 17.9. The molecule has 0 saturated heterocycles. The molecule has 0 fully saturated rings. The fraction of sp³-hybridized carbons (Fsp3) is 0.292. The Balaban J connectivity index is 1.46. The number of nitrogens with zero attached hydrogens (tertiary/aromatic N) is 3. The molecule has 160 valence electrons. The zero-order valence-corrected chi connectivity index (χ0v) is 17.9. The first-order valence-electron chi connectivity index (χ1n) is 10.3. The molecule has 7 nitrogen and oxygen atoms in total. The summed E-state index contributed by atoms with van der Waals surface area (Å²) in [5.41, 5.74) is 10.2. The second-order valence-electron chi connectivity index (χ2n) is 7.32. The van der Waals surface area contributed by atoms with E-state index in [1.807, 2.05) is 62.4 Å². The Bertz CT molecular complexity index is 1080. The van der Waals surface area contributed by atoms with Crippen LogP contribution < -0.4 is 15.8 Å². The van der Waals surface area contributed by atoms with E-state index in [-0.39, 0.29) is 12.3 Å². The number of rotatable bonds is 9. The van der Waals surface area contributed by atoms with E-state index in [9.17, 15) is 10.1 Å². The van der Waals surface area contributed by atoms with E-state index in [1.54, 1.807) is 4.68 Å². The lowest BCUT2D eigenvalue weighted by molar-refractivity contribution is -0.121. The van der Waals surface area contributed by atoms with Crippen LogP contribution in [0.1, 0.15) is 35.2 Å². The summed E-state index contributed by atoms with van der Waals surface area (Å²) in [5.74, 6) is 1.07. The molecule has 0 saturated carbocycles. The predicted octanol–water partition coefficient (Wildman–Crippen LogP) is 3.46. The minimum atomic E-state index is -0.0693. The first-order chi connectivity index (χ1) is 15.0. The highest BCUT2D eigenvalue weighted by Crippen LogP contribution is 2.22. The molecule has 7 heteroatoms. The molecule has 3 N–H and O–H groups in total. The van der Waals surface area contributed by atoms with Gasteiger partial charge in [0.05, 0.1) is 24.4 Å². The van der Waals surface area contributed by atoms with Crippen LogP contribution in [0, 0.1) is 25.2 Å². The number of carbonyl (C=O) groups is 1. The molecule has 1 amide bonds. The molecule has 0 aliphatic carbocycles. The van der Waals surface area contributed by atoms with Gasteiger partial charge in [-0.15, -0.1) is 0 Å². The summed E-state index contributed by atoms with van der Waals surface area (Å²) >= 11 is 0. The molecule has 3 rings (SSSR count). The van der Waals surface area contributed by atoms with Gasteiger partial charge in [-0.05, 0) is 56.0 Å². The molecule has 0 spiro atoms. The fourth-order valence-electron chi connectivity index (χ4n) is 3.25. The third-order valence-corrected chi connectivity index (χ3v) is 5.16. The normalized spacial score (nSPS) is 10.5. The van der Waals surface area contributed by atoms with Crippen LogP contribution in [0.25, 0.3) is 5.69 Å². The maximum absolute atomic E-state index is 12.1. The van der Waals surface area contributed by atoms with Crippen LogP contribution in [0.2, 0.25) is 0 Å². The largest absolute Gasteiger partial charge is 0.493 e. The molecule has 31 heavy (non-hydrogen) atoms. The maximum atomic E-state index is 12.1. The van der Waals surface area contributed by atoms with Crippen molar-refractivity contribution in [3.63, 3.8) is 0 Å². The van der Waals surface area contributed by atoms with Crippen molar-refractivity contribution >= 4 is 11.7 Å². The molecule has 0 atom stereocenters. The molecule has 3 aromatic rings. The Kier molecular flexibility index (Phi) is 7.28. The number of carbonyl (C=O) groups excluding carboxylic acids is 1. The number of nitriles is 1. The van der Waals surface area contributed by atoms with E-state index in [1.165, 1.54) is 0 Å². The predicted molar refractivity (Wildman–Crippen MR) is 120 cm³/mol.